The number of hydrogen-bond donors (Lipinski definition) is 3. The molecule has 0 saturated heterocycles. The fraction of sp³-hybridized carbons (Fsp3) is 0.831. The van der Waals surface area contributed by atoms with Gasteiger partial charge in [0.15, 0.2) is 12.2 Å². The van der Waals surface area contributed by atoms with Crippen LogP contribution < -0.4 is 0 Å². The van der Waals surface area contributed by atoms with E-state index in [1.807, 2.05) is 0 Å². The highest BCUT2D eigenvalue weighted by atomic mass is 31.2. The lowest BCUT2D eigenvalue weighted by Gasteiger charge is -2.21. The highest BCUT2D eigenvalue weighted by molar-refractivity contribution is 7.47. The predicted molar refractivity (Wildman–Crippen MR) is 363 cm³/mol. The smallest absolute Gasteiger partial charge is 0.462 e. The van der Waals surface area contributed by atoms with Gasteiger partial charge in [0, 0.05) is 25.7 Å². The van der Waals surface area contributed by atoms with Crippen LogP contribution in [-0.2, 0) is 65.4 Å². The molecule has 3 N–H and O–H groups in total. The Hall–Kier alpha value is -2.98. The second-order valence-electron chi connectivity index (χ2n) is 24.7. The molecule has 0 rings (SSSR count). The molecule has 0 bridgehead atoms. The van der Waals surface area contributed by atoms with Crippen LogP contribution in [0.1, 0.15) is 317 Å². The first-order chi connectivity index (χ1) is 43.5. The number of carbonyl (C=O) groups is 4. The molecule has 0 radical (unpaired) electrons. The van der Waals surface area contributed by atoms with E-state index in [2.05, 4.69) is 83.2 Å². The molecule has 0 spiro atoms. The molecule has 90 heavy (non-hydrogen) atoms. The number of allylic oxidation sites excluding steroid dienone is 8. The molecule has 0 amide bonds. The van der Waals surface area contributed by atoms with Gasteiger partial charge in [0.2, 0.25) is 0 Å². The average molecular weight is 1320 g/mol. The SMILES string of the molecule is CCCCCC/C=C\C=C/CCCCCCCC(=O)OC[C@H](COP(=O)(O)OC[C@@H](O)COP(=O)(O)OC[C@@H](COC(=O)CCCCCCCCCC)OC(=O)CCCCCCCCCCCC(C)C)OC(=O)CCCCCCC/C=C\C=C/CCCCCC. The Bertz CT molecular complexity index is 1920. The Labute approximate surface area is 547 Å². The summed E-state index contributed by atoms with van der Waals surface area (Å²) in [5.74, 6) is -1.45. The molecule has 0 aromatic carbocycles. The molecule has 19 heteroatoms. The highest BCUT2D eigenvalue weighted by Gasteiger charge is 2.30. The minimum absolute atomic E-state index is 0.0781. The van der Waals surface area contributed by atoms with Crippen molar-refractivity contribution in [1.29, 1.82) is 0 Å². The molecule has 0 aliphatic carbocycles. The largest absolute Gasteiger partial charge is 0.472 e. The van der Waals surface area contributed by atoms with Crippen molar-refractivity contribution < 1.29 is 80.2 Å². The molecular formula is C71H130O17P2. The predicted octanol–water partition coefficient (Wildman–Crippen LogP) is 19.6. The monoisotopic (exact) mass is 1320 g/mol. The third kappa shape index (κ3) is 63.8. The standard InChI is InChI=1S/C71H130O17P2/c1-6-9-12-15-18-21-23-25-27-29-31-35-40-45-50-55-69(74)82-61-67(87-70(75)56-51-46-41-36-32-30-28-26-24-22-19-16-13-10-7-2)63-86-90(79,80)84-59-65(72)58-83-89(77,78)85-62-66(60-81-68(73)54-49-44-39-20-17-14-11-8-3)88-71(76)57-52-47-42-37-33-34-38-43-48-53-64(4)5/h21-28,64-67,72H,6-20,29-63H2,1-5H3,(H,77,78)(H,79,80)/b23-21-,24-22-,27-25-,28-26-/t65-,66+,67+/m0/s1. The third-order valence-electron chi connectivity index (χ3n) is 15.3. The summed E-state index contributed by atoms with van der Waals surface area (Å²) in [5, 5.41) is 10.6. The van der Waals surface area contributed by atoms with Crippen LogP contribution in [0.15, 0.2) is 48.6 Å². The van der Waals surface area contributed by atoms with E-state index in [9.17, 15) is 43.2 Å². The first-order valence-corrected chi connectivity index (χ1v) is 38.8. The maximum absolute atomic E-state index is 13.0. The van der Waals surface area contributed by atoms with Crippen LogP contribution in [0.3, 0.4) is 0 Å². The molecule has 0 fully saturated rings. The van der Waals surface area contributed by atoms with Gasteiger partial charge in [-0.15, -0.1) is 0 Å². The molecule has 0 saturated carbocycles. The topological polar surface area (TPSA) is 237 Å². The van der Waals surface area contributed by atoms with Crippen LogP contribution >= 0.6 is 15.6 Å². The van der Waals surface area contributed by atoms with E-state index in [4.69, 9.17) is 37.0 Å². The van der Waals surface area contributed by atoms with Crippen molar-refractivity contribution in [3.63, 3.8) is 0 Å². The van der Waals surface area contributed by atoms with Gasteiger partial charge in [0.1, 0.15) is 19.3 Å². The van der Waals surface area contributed by atoms with Gasteiger partial charge in [0.05, 0.1) is 26.4 Å². The van der Waals surface area contributed by atoms with E-state index in [0.29, 0.717) is 25.7 Å². The number of rotatable bonds is 67. The third-order valence-corrected chi connectivity index (χ3v) is 17.2. The van der Waals surface area contributed by atoms with Gasteiger partial charge in [0.25, 0.3) is 0 Å². The summed E-state index contributed by atoms with van der Waals surface area (Å²) < 4.78 is 68.1. The Balaban J connectivity index is 5.30. The number of unbranched alkanes of at least 4 members (excludes halogenated alkanes) is 33. The maximum Gasteiger partial charge on any atom is 0.472 e. The number of aliphatic hydroxyl groups is 1. The van der Waals surface area contributed by atoms with Crippen LogP contribution in [0.2, 0.25) is 0 Å². The maximum atomic E-state index is 13.0. The van der Waals surface area contributed by atoms with E-state index < -0.39 is 97.5 Å². The van der Waals surface area contributed by atoms with Gasteiger partial charge in [-0.2, -0.15) is 0 Å². The Kier molecular flexibility index (Phi) is 61.3. The zero-order valence-electron chi connectivity index (χ0n) is 57.2. The van der Waals surface area contributed by atoms with Crippen LogP contribution in [-0.4, -0.2) is 96.7 Å². The summed E-state index contributed by atoms with van der Waals surface area (Å²) in [5.41, 5.74) is 0. The first-order valence-electron chi connectivity index (χ1n) is 35.8. The zero-order valence-corrected chi connectivity index (χ0v) is 59.0. The quantitative estimate of drug-likeness (QED) is 0.0169. The van der Waals surface area contributed by atoms with Crippen molar-refractivity contribution in [1.82, 2.24) is 0 Å². The fourth-order valence-corrected chi connectivity index (χ4v) is 11.3. The van der Waals surface area contributed by atoms with Crippen molar-refractivity contribution >= 4 is 39.5 Å². The lowest BCUT2D eigenvalue weighted by Crippen LogP contribution is -2.30. The van der Waals surface area contributed by atoms with E-state index in [1.165, 1.54) is 103 Å². The van der Waals surface area contributed by atoms with Gasteiger partial charge < -0.3 is 33.8 Å². The number of esters is 4. The number of phosphoric ester groups is 2. The van der Waals surface area contributed by atoms with Gasteiger partial charge in [-0.1, -0.05) is 263 Å². The van der Waals surface area contributed by atoms with Crippen molar-refractivity contribution in [3.05, 3.63) is 48.6 Å². The number of aliphatic hydroxyl groups excluding tert-OH is 1. The Morgan fingerprint density at radius 2 is 0.600 bits per heavy atom. The zero-order chi connectivity index (χ0) is 66.3. The van der Waals surface area contributed by atoms with Crippen LogP contribution in [0.5, 0.6) is 0 Å². The molecule has 2 unspecified atom stereocenters. The average Bonchev–Trinajstić information content (AvgIpc) is 3.04. The lowest BCUT2D eigenvalue weighted by atomic mass is 10.0. The number of ether oxygens (including phenoxy) is 4. The molecule has 0 aliphatic heterocycles. The molecule has 526 valence electrons. The summed E-state index contributed by atoms with van der Waals surface area (Å²) in [6.07, 6.45) is 55.8. The molecule has 0 aromatic heterocycles. The molecule has 0 aromatic rings. The fourth-order valence-electron chi connectivity index (χ4n) is 9.74. The molecular weight excluding hydrogens is 1190 g/mol. The summed E-state index contributed by atoms with van der Waals surface area (Å²) in [7, 11) is -9.92. The van der Waals surface area contributed by atoms with Crippen molar-refractivity contribution in [2.45, 2.75) is 335 Å². The minimum atomic E-state index is -4.97. The van der Waals surface area contributed by atoms with Gasteiger partial charge in [-0.3, -0.25) is 37.3 Å². The Morgan fingerprint density at radius 3 is 0.911 bits per heavy atom. The van der Waals surface area contributed by atoms with Gasteiger partial charge >= 0.3 is 39.5 Å². The molecule has 17 nitrogen and oxygen atoms in total. The normalized spacial score (nSPS) is 14.4. The van der Waals surface area contributed by atoms with E-state index >= 15 is 0 Å². The number of carbonyl (C=O) groups excluding carboxylic acids is 4. The molecule has 5 atom stereocenters. The summed E-state index contributed by atoms with van der Waals surface area (Å²) >= 11 is 0. The van der Waals surface area contributed by atoms with E-state index in [1.54, 1.807) is 0 Å². The van der Waals surface area contributed by atoms with Crippen molar-refractivity contribution in [3.8, 4) is 0 Å². The first kappa shape index (κ1) is 87.0. The highest BCUT2D eigenvalue weighted by Crippen LogP contribution is 2.45. The van der Waals surface area contributed by atoms with Gasteiger partial charge in [-0.05, 0) is 83.0 Å². The summed E-state index contributed by atoms with van der Waals surface area (Å²) in [4.78, 5) is 72.4. The summed E-state index contributed by atoms with van der Waals surface area (Å²) in [6, 6.07) is 0. The van der Waals surface area contributed by atoms with Crippen LogP contribution in [0.4, 0.5) is 0 Å². The minimum Gasteiger partial charge on any atom is -0.462 e. The second-order valence-corrected chi connectivity index (χ2v) is 27.6. The van der Waals surface area contributed by atoms with Crippen molar-refractivity contribution in [2.24, 2.45) is 5.92 Å². The number of hydrogen-bond acceptors (Lipinski definition) is 15. The lowest BCUT2D eigenvalue weighted by molar-refractivity contribution is -0.161. The van der Waals surface area contributed by atoms with Crippen LogP contribution in [0.25, 0.3) is 0 Å². The molecule has 0 heterocycles. The molecule has 0 aliphatic rings. The second kappa shape index (κ2) is 63.4. The van der Waals surface area contributed by atoms with Crippen molar-refractivity contribution in [2.75, 3.05) is 39.6 Å². The summed E-state index contributed by atoms with van der Waals surface area (Å²) in [6.45, 7) is 7.06. The Morgan fingerprint density at radius 1 is 0.344 bits per heavy atom. The number of phosphoric acid groups is 2. The van der Waals surface area contributed by atoms with Crippen LogP contribution in [0, 0.1) is 5.92 Å². The van der Waals surface area contributed by atoms with Gasteiger partial charge in [-0.25, -0.2) is 9.13 Å². The van der Waals surface area contributed by atoms with E-state index in [0.717, 1.165) is 134 Å². The van der Waals surface area contributed by atoms with E-state index in [-0.39, 0.29) is 25.7 Å².